The highest BCUT2D eigenvalue weighted by Crippen LogP contribution is 2.50. The molecule has 8 rings (SSSR count). The van der Waals surface area contributed by atoms with Crippen molar-refractivity contribution in [3.05, 3.63) is 141 Å². The summed E-state index contributed by atoms with van der Waals surface area (Å²) in [6.45, 7) is 20.1. The van der Waals surface area contributed by atoms with Crippen molar-refractivity contribution in [2.75, 3.05) is 0 Å². The molecule has 3 nitrogen and oxygen atoms in total. The van der Waals surface area contributed by atoms with E-state index in [4.69, 9.17) is 9.97 Å². The van der Waals surface area contributed by atoms with Crippen LogP contribution in [0.1, 0.15) is 64.0 Å². The first-order chi connectivity index (χ1) is 23.0. The highest BCUT2D eigenvalue weighted by Gasteiger charge is 2.36. The molecule has 2 heterocycles. The van der Waals surface area contributed by atoms with Crippen LogP contribution in [-0.2, 0) is 5.41 Å². The predicted molar refractivity (Wildman–Crippen MR) is 205 cm³/mol. The molecular weight excluding hydrogens is 581 g/mol. The minimum Gasteiger partial charge on any atom is -0.306 e. The Hall–Kier alpha value is -4.96. The van der Waals surface area contributed by atoms with Gasteiger partial charge in [-0.3, -0.25) is 0 Å². The number of benzene rings is 5. The Bertz CT molecular complexity index is 2360. The minimum atomic E-state index is -0.0858. The first kappa shape index (κ1) is 30.4. The summed E-state index contributed by atoms with van der Waals surface area (Å²) in [5.74, 6) is 0. The number of aryl methyl sites for hydroxylation is 7. The molecule has 4 heteroatoms. The maximum Gasteiger partial charge on any atom is 0.291 e. The average molecular weight is 624 g/mol. The fraction of sp³-hybridized carbons (Fsp3) is 0.227. The van der Waals surface area contributed by atoms with E-state index in [9.17, 15) is 0 Å². The van der Waals surface area contributed by atoms with Gasteiger partial charge in [0.05, 0.1) is 34.3 Å². The van der Waals surface area contributed by atoms with Crippen LogP contribution in [0, 0.1) is 48.5 Å². The molecule has 48 heavy (non-hydrogen) atoms. The molecule has 0 radical (unpaired) electrons. The van der Waals surface area contributed by atoms with Gasteiger partial charge in [0, 0.05) is 16.2 Å². The van der Waals surface area contributed by atoms with Gasteiger partial charge >= 0.3 is 0 Å². The molecule has 5 aromatic carbocycles. The molecule has 0 bridgehead atoms. The number of hydrogen-bond donors (Lipinski definition) is 0. The van der Waals surface area contributed by atoms with E-state index in [0.717, 1.165) is 17.1 Å². The van der Waals surface area contributed by atoms with Gasteiger partial charge in [0.2, 0.25) is 0 Å². The van der Waals surface area contributed by atoms with Crippen molar-refractivity contribution in [2.24, 2.45) is 0 Å². The number of nitrogens with zero attached hydrogens (tertiary/aromatic N) is 3. The Labute approximate surface area is 284 Å². The Morgan fingerprint density at radius 1 is 0.583 bits per heavy atom. The number of rotatable bonds is 4. The van der Waals surface area contributed by atoms with Gasteiger partial charge < -0.3 is 4.57 Å². The van der Waals surface area contributed by atoms with E-state index in [1.165, 1.54) is 88.4 Å². The van der Waals surface area contributed by atoms with Crippen LogP contribution < -0.4 is 16.6 Å². The maximum absolute atomic E-state index is 5.41. The number of para-hydroxylation sites is 1. The van der Waals surface area contributed by atoms with E-state index < -0.39 is 0 Å². The normalized spacial score (nSPS) is 13.3. The minimum absolute atomic E-state index is 0.0697. The van der Waals surface area contributed by atoms with Crippen LogP contribution in [0.3, 0.4) is 0 Å². The Kier molecular flexibility index (Phi) is 6.83. The molecule has 0 aliphatic heterocycles. The molecular formula is C44H42BN3. The Morgan fingerprint density at radius 2 is 1.17 bits per heavy atom. The third kappa shape index (κ3) is 4.42. The zero-order chi connectivity index (χ0) is 33.6. The zero-order valence-electron chi connectivity index (χ0n) is 29.6. The van der Waals surface area contributed by atoms with E-state index in [-0.39, 0.29) is 12.1 Å². The standard InChI is InChI=1S/C44H42BN3/c1-25-18-27(3)41(28(4)19-25)45(42-29(5)20-26(2)21-30(42)6)43-46-24-40(31(7)47-43)48-38-17-13-11-15-33(38)35-22-34-32-14-10-12-16-36(32)44(8,9)37(34)23-39(35)48/h10-24H,1-9H3. The Morgan fingerprint density at radius 3 is 1.79 bits per heavy atom. The second-order valence-corrected chi connectivity index (χ2v) is 14.7. The van der Waals surface area contributed by atoms with E-state index >= 15 is 0 Å². The van der Waals surface area contributed by atoms with Crippen LogP contribution in [0.5, 0.6) is 0 Å². The lowest BCUT2D eigenvalue weighted by Crippen LogP contribution is -2.58. The summed E-state index contributed by atoms with van der Waals surface area (Å²) in [5.41, 5.74) is 20.8. The summed E-state index contributed by atoms with van der Waals surface area (Å²) in [5, 5.41) is 2.51. The lowest BCUT2D eigenvalue weighted by atomic mass is 9.37. The summed E-state index contributed by atoms with van der Waals surface area (Å²) < 4.78 is 2.39. The average Bonchev–Trinajstić information content (AvgIpc) is 3.47. The second-order valence-electron chi connectivity index (χ2n) is 14.7. The van der Waals surface area contributed by atoms with Crippen LogP contribution >= 0.6 is 0 Å². The van der Waals surface area contributed by atoms with Gasteiger partial charge in [0.15, 0.2) is 0 Å². The van der Waals surface area contributed by atoms with Gasteiger partial charge in [0.1, 0.15) is 0 Å². The molecule has 0 atom stereocenters. The van der Waals surface area contributed by atoms with Gasteiger partial charge in [-0.25, -0.2) is 9.97 Å². The molecule has 0 N–H and O–H groups in total. The molecule has 0 unspecified atom stereocenters. The first-order valence-electron chi connectivity index (χ1n) is 17.1. The van der Waals surface area contributed by atoms with Crippen molar-refractivity contribution in [1.29, 1.82) is 0 Å². The van der Waals surface area contributed by atoms with Crippen molar-refractivity contribution < 1.29 is 0 Å². The fourth-order valence-corrected chi connectivity index (χ4v) is 8.96. The lowest BCUT2D eigenvalue weighted by Gasteiger charge is -2.24. The van der Waals surface area contributed by atoms with Crippen LogP contribution in [0.25, 0.3) is 38.6 Å². The van der Waals surface area contributed by atoms with Gasteiger partial charge in [-0.1, -0.05) is 125 Å². The summed E-state index contributed by atoms with van der Waals surface area (Å²) in [6, 6.07) is 31.7. The molecule has 0 amide bonds. The quantitative estimate of drug-likeness (QED) is 0.184. The van der Waals surface area contributed by atoms with Gasteiger partial charge in [-0.15, -0.1) is 0 Å². The first-order valence-corrected chi connectivity index (χ1v) is 17.1. The SMILES string of the molecule is Cc1cc(C)c(B(c2ncc(-n3c4ccccc4c4cc5c(cc43)C(C)(C)c3ccccc3-5)c(C)n2)c2c(C)cc(C)cc2C)c(C)c1. The van der Waals surface area contributed by atoms with E-state index in [0.29, 0.717) is 0 Å². The van der Waals surface area contributed by atoms with Gasteiger partial charge in [0.25, 0.3) is 6.71 Å². The largest absolute Gasteiger partial charge is 0.306 e. The summed E-state index contributed by atoms with van der Waals surface area (Å²) in [7, 11) is 0. The molecule has 7 aromatic rings. The van der Waals surface area contributed by atoms with Crippen molar-refractivity contribution in [3.63, 3.8) is 0 Å². The highest BCUT2D eigenvalue weighted by molar-refractivity contribution is 6.95. The van der Waals surface area contributed by atoms with Crippen LogP contribution in [0.2, 0.25) is 0 Å². The fourth-order valence-electron chi connectivity index (χ4n) is 8.96. The molecule has 0 saturated carbocycles. The van der Waals surface area contributed by atoms with Crippen molar-refractivity contribution in [2.45, 2.75) is 67.7 Å². The molecule has 1 aliphatic carbocycles. The van der Waals surface area contributed by atoms with Gasteiger partial charge in [-0.2, -0.15) is 0 Å². The van der Waals surface area contributed by atoms with Crippen LogP contribution in [0.4, 0.5) is 0 Å². The van der Waals surface area contributed by atoms with Crippen molar-refractivity contribution >= 4 is 45.2 Å². The molecule has 0 fully saturated rings. The highest BCUT2D eigenvalue weighted by atomic mass is 15.0. The molecule has 236 valence electrons. The molecule has 1 aliphatic rings. The monoisotopic (exact) mass is 623 g/mol. The molecule has 2 aromatic heterocycles. The topological polar surface area (TPSA) is 30.7 Å². The van der Waals surface area contributed by atoms with Crippen molar-refractivity contribution in [3.8, 4) is 16.8 Å². The Balaban J connectivity index is 1.37. The molecule has 0 saturated heterocycles. The molecule has 0 spiro atoms. The van der Waals surface area contributed by atoms with Crippen molar-refractivity contribution in [1.82, 2.24) is 14.5 Å². The van der Waals surface area contributed by atoms with E-state index in [1.807, 2.05) is 0 Å². The lowest BCUT2D eigenvalue weighted by molar-refractivity contribution is 0.661. The summed E-state index contributed by atoms with van der Waals surface area (Å²) >= 11 is 0. The summed E-state index contributed by atoms with van der Waals surface area (Å²) in [4.78, 5) is 10.7. The number of aromatic nitrogens is 3. The third-order valence-electron chi connectivity index (χ3n) is 10.9. The maximum atomic E-state index is 5.41. The van der Waals surface area contributed by atoms with Crippen LogP contribution in [0.15, 0.2) is 91.1 Å². The summed E-state index contributed by atoms with van der Waals surface area (Å²) in [6.07, 6.45) is 2.07. The van der Waals surface area contributed by atoms with E-state index in [1.54, 1.807) is 0 Å². The number of hydrogen-bond acceptors (Lipinski definition) is 2. The van der Waals surface area contributed by atoms with Gasteiger partial charge in [-0.05, 0) is 88.9 Å². The zero-order valence-corrected chi connectivity index (χ0v) is 29.6. The second kappa shape index (κ2) is 10.8. The number of fused-ring (bicyclic) bond motifs is 6. The smallest absolute Gasteiger partial charge is 0.291 e. The van der Waals surface area contributed by atoms with E-state index in [2.05, 4.69) is 158 Å². The third-order valence-corrected chi connectivity index (χ3v) is 10.9. The van der Waals surface area contributed by atoms with Crippen LogP contribution in [-0.4, -0.2) is 21.2 Å². The predicted octanol–water partition coefficient (Wildman–Crippen LogP) is 8.56.